The van der Waals surface area contributed by atoms with E-state index in [0.29, 0.717) is 24.7 Å². The lowest BCUT2D eigenvalue weighted by atomic mass is 10.1. The third-order valence-corrected chi connectivity index (χ3v) is 5.24. The number of likely N-dealkylation sites (tertiary alicyclic amines) is 1. The number of carbonyl (C=O) groups excluding carboxylic acids is 1. The normalized spacial score (nSPS) is 16.2. The van der Waals surface area contributed by atoms with Crippen molar-refractivity contribution in [3.63, 3.8) is 0 Å². The van der Waals surface area contributed by atoms with Crippen LogP contribution in [0.3, 0.4) is 0 Å². The third-order valence-electron chi connectivity index (χ3n) is 5.24. The Balaban J connectivity index is 1.26. The fraction of sp³-hybridized carbons (Fsp3) is 0.348. The summed E-state index contributed by atoms with van der Waals surface area (Å²) in [5, 5.41) is 4.11. The van der Waals surface area contributed by atoms with Gasteiger partial charge in [0.1, 0.15) is 5.75 Å². The van der Waals surface area contributed by atoms with Crippen molar-refractivity contribution >= 4 is 5.91 Å². The highest BCUT2D eigenvalue weighted by molar-refractivity contribution is 5.76. The number of aryl methyl sites for hydroxylation is 2. The van der Waals surface area contributed by atoms with Crippen LogP contribution in [0.1, 0.15) is 41.6 Å². The number of rotatable bonds is 7. The van der Waals surface area contributed by atoms with Crippen molar-refractivity contribution in [2.24, 2.45) is 0 Å². The minimum atomic E-state index is 0.118. The Labute approximate surface area is 170 Å². The quantitative estimate of drug-likeness (QED) is 0.611. The van der Waals surface area contributed by atoms with E-state index < -0.39 is 0 Å². The molecule has 4 rings (SSSR count). The zero-order valence-corrected chi connectivity index (χ0v) is 16.6. The standard InChI is InChI=1S/C23H25N3O3/c1-17-7-10-20(11-8-17)28-16-21-24-23(25-29-21)19-13-14-26(15-19)22(27)12-9-18-5-3-2-4-6-18/h2-8,10-11,19H,9,12-16H2,1H3. The van der Waals surface area contributed by atoms with Gasteiger partial charge in [-0.2, -0.15) is 4.98 Å². The molecule has 2 aromatic carbocycles. The highest BCUT2D eigenvalue weighted by atomic mass is 16.5. The van der Waals surface area contributed by atoms with E-state index in [1.807, 2.05) is 54.3 Å². The number of aromatic nitrogens is 2. The molecule has 3 aromatic rings. The fourth-order valence-electron chi connectivity index (χ4n) is 3.52. The minimum Gasteiger partial charge on any atom is -0.484 e. The summed E-state index contributed by atoms with van der Waals surface area (Å²) in [6.45, 7) is 3.65. The number of amides is 1. The van der Waals surface area contributed by atoms with Gasteiger partial charge in [0.2, 0.25) is 5.91 Å². The molecule has 0 bridgehead atoms. The number of carbonyl (C=O) groups is 1. The van der Waals surface area contributed by atoms with Gasteiger partial charge in [0.25, 0.3) is 5.89 Å². The summed E-state index contributed by atoms with van der Waals surface area (Å²) in [6, 6.07) is 17.9. The van der Waals surface area contributed by atoms with E-state index in [9.17, 15) is 4.79 Å². The first kappa shape index (κ1) is 19.2. The molecule has 6 nitrogen and oxygen atoms in total. The highest BCUT2D eigenvalue weighted by Gasteiger charge is 2.30. The zero-order chi connectivity index (χ0) is 20.1. The summed E-state index contributed by atoms with van der Waals surface area (Å²) in [7, 11) is 0. The molecule has 1 aromatic heterocycles. The van der Waals surface area contributed by atoms with Crippen molar-refractivity contribution < 1.29 is 14.1 Å². The molecule has 1 aliphatic heterocycles. The van der Waals surface area contributed by atoms with E-state index in [0.717, 1.165) is 25.1 Å². The van der Waals surface area contributed by atoms with Gasteiger partial charge in [-0.25, -0.2) is 0 Å². The first-order valence-corrected chi connectivity index (χ1v) is 10.0. The zero-order valence-electron chi connectivity index (χ0n) is 16.6. The summed E-state index contributed by atoms with van der Waals surface area (Å²) in [4.78, 5) is 18.9. The average molecular weight is 391 g/mol. The van der Waals surface area contributed by atoms with Crippen molar-refractivity contribution in [3.8, 4) is 5.75 Å². The predicted octanol–water partition coefficient (Wildman–Crippen LogP) is 3.91. The molecule has 1 aliphatic rings. The summed E-state index contributed by atoms with van der Waals surface area (Å²) < 4.78 is 11.0. The Morgan fingerprint density at radius 2 is 1.97 bits per heavy atom. The Kier molecular flexibility index (Phi) is 5.89. The molecule has 1 unspecified atom stereocenters. The van der Waals surface area contributed by atoms with Crippen LogP contribution in [0.5, 0.6) is 5.75 Å². The molecule has 0 radical (unpaired) electrons. The molecule has 0 aliphatic carbocycles. The molecule has 0 N–H and O–H groups in total. The SMILES string of the molecule is Cc1ccc(OCc2nc(C3CCN(C(=O)CCc4ccccc4)C3)no2)cc1. The molecule has 6 heteroatoms. The van der Waals surface area contributed by atoms with Gasteiger partial charge in [-0.15, -0.1) is 0 Å². The van der Waals surface area contributed by atoms with Gasteiger partial charge < -0.3 is 14.2 Å². The fourth-order valence-corrected chi connectivity index (χ4v) is 3.52. The van der Waals surface area contributed by atoms with Crippen LogP contribution in [-0.4, -0.2) is 34.0 Å². The van der Waals surface area contributed by atoms with Crippen molar-refractivity contribution in [2.75, 3.05) is 13.1 Å². The van der Waals surface area contributed by atoms with Crippen LogP contribution in [-0.2, 0) is 17.8 Å². The van der Waals surface area contributed by atoms with Gasteiger partial charge in [0, 0.05) is 25.4 Å². The van der Waals surface area contributed by atoms with Gasteiger partial charge in [0.15, 0.2) is 12.4 Å². The van der Waals surface area contributed by atoms with E-state index >= 15 is 0 Å². The number of hydrogen-bond acceptors (Lipinski definition) is 5. The van der Waals surface area contributed by atoms with Gasteiger partial charge in [-0.3, -0.25) is 4.79 Å². The summed E-state index contributed by atoms with van der Waals surface area (Å²) in [5.74, 6) is 2.18. The van der Waals surface area contributed by atoms with Crippen LogP contribution in [0.15, 0.2) is 59.1 Å². The summed E-state index contributed by atoms with van der Waals surface area (Å²) in [5.41, 5.74) is 2.37. The molecular weight excluding hydrogens is 366 g/mol. The molecule has 0 spiro atoms. The second-order valence-electron chi connectivity index (χ2n) is 7.46. The third kappa shape index (κ3) is 5.02. The molecule has 1 atom stereocenters. The highest BCUT2D eigenvalue weighted by Crippen LogP contribution is 2.26. The van der Waals surface area contributed by atoms with Crippen LogP contribution >= 0.6 is 0 Å². The van der Waals surface area contributed by atoms with Gasteiger partial charge in [-0.1, -0.05) is 53.2 Å². The molecule has 29 heavy (non-hydrogen) atoms. The smallest absolute Gasteiger partial charge is 0.264 e. The van der Waals surface area contributed by atoms with Crippen LogP contribution in [0.4, 0.5) is 0 Å². The number of nitrogens with zero attached hydrogens (tertiary/aromatic N) is 3. The summed E-state index contributed by atoms with van der Waals surface area (Å²) >= 11 is 0. The monoisotopic (exact) mass is 391 g/mol. The first-order chi connectivity index (χ1) is 14.2. The van der Waals surface area contributed by atoms with Gasteiger partial charge in [0.05, 0.1) is 0 Å². The Morgan fingerprint density at radius 1 is 1.17 bits per heavy atom. The largest absolute Gasteiger partial charge is 0.484 e. The maximum absolute atomic E-state index is 12.5. The molecule has 1 fully saturated rings. The Hall–Kier alpha value is -3.15. The van der Waals surface area contributed by atoms with E-state index in [2.05, 4.69) is 22.3 Å². The first-order valence-electron chi connectivity index (χ1n) is 10.0. The maximum atomic E-state index is 12.5. The number of ether oxygens (including phenoxy) is 1. The van der Waals surface area contributed by atoms with Crippen LogP contribution in [0.25, 0.3) is 0 Å². The van der Waals surface area contributed by atoms with Crippen molar-refractivity contribution in [1.82, 2.24) is 15.0 Å². The van der Waals surface area contributed by atoms with Crippen LogP contribution in [0.2, 0.25) is 0 Å². The Morgan fingerprint density at radius 3 is 2.76 bits per heavy atom. The molecule has 2 heterocycles. The molecule has 150 valence electrons. The van der Waals surface area contributed by atoms with E-state index in [1.54, 1.807) is 0 Å². The molecular formula is C23H25N3O3. The second-order valence-corrected chi connectivity index (χ2v) is 7.46. The predicted molar refractivity (Wildman–Crippen MR) is 109 cm³/mol. The van der Waals surface area contributed by atoms with Gasteiger partial charge >= 0.3 is 0 Å². The lowest BCUT2D eigenvalue weighted by Crippen LogP contribution is -2.28. The minimum absolute atomic E-state index is 0.118. The number of benzene rings is 2. The van der Waals surface area contributed by atoms with Crippen LogP contribution < -0.4 is 4.74 Å². The van der Waals surface area contributed by atoms with E-state index in [1.165, 1.54) is 11.1 Å². The molecule has 0 saturated carbocycles. The van der Waals surface area contributed by atoms with Crippen molar-refractivity contribution in [1.29, 1.82) is 0 Å². The van der Waals surface area contributed by atoms with Gasteiger partial charge in [-0.05, 0) is 37.5 Å². The Bertz CT molecular complexity index is 938. The second kappa shape index (κ2) is 8.90. The van der Waals surface area contributed by atoms with Crippen molar-refractivity contribution in [3.05, 3.63) is 77.4 Å². The molecule has 1 saturated heterocycles. The maximum Gasteiger partial charge on any atom is 0.264 e. The van der Waals surface area contributed by atoms with E-state index in [-0.39, 0.29) is 18.4 Å². The summed E-state index contributed by atoms with van der Waals surface area (Å²) in [6.07, 6.45) is 2.15. The van der Waals surface area contributed by atoms with Crippen molar-refractivity contribution in [2.45, 2.75) is 38.7 Å². The van der Waals surface area contributed by atoms with Crippen LogP contribution in [0, 0.1) is 6.92 Å². The molecule has 1 amide bonds. The lowest BCUT2D eigenvalue weighted by molar-refractivity contribution is -0.130. The lowest BCUT2D eigenvalue weighted by Gasteiger charge is -2.15. The topological polar surface area (TPSA) is 68.5 Å². The van der Waals surface area contributed by atoms with E-state index in [4.69, 9.17) is 9.26 Å². The average Bonchev–Trinajstić information content (AvgIpc) is 3.42. The number of hydrogen-bond donors (Lipinski definition) is 0.